The maximum Gasteiger partial charge on any atom is 0.310 e. The van der Waals surface area contributed by atoms with Crippen molar-refractivity contribution in [3.63, 3.8) is 0 Å². The van der Waals surface area contributed by atoms with Crippen LogP contribution in [0.2, 0.25) is 0 Å². The van der Waals surface area contributed by atoms with E-state index < -0.39 is 4.92 Å². The Morgan fingerprint density at radius 3 is 2.87 bits per heavy atom. The SMILES string of the molecule is COc1cc(SCCCl)ccc1[N+](=O)[O-]. The molecule has 15 heavy (non-hydrogen) atoms. The highest BCUT2D eigenvalue weighted by molar-refractivity contribution is 7.99. The topological polar surface area (TPSA) is 52.4 Å². The van der Waals surface area contributed by atoms with E-state index in [4.69, 9.17) is 16.3 Å². The zero-order chi connectivity index (χ0) is 11.3. The molecule has 82 valence electrons. The number of ether oxygens (including phenoxy) is 1. The van der Waals surface area contributed by atoms with E-state index in [9.17, 15) is 10.1 Å². The molecule has 0 saturated carbocycles. The van der Waals surface area contributed by atoms with Gasteiger partial charge in [0.15, 0.2) is 5.75 Å². The molecule has 0 N–H and O–H groups in total. The van der Waals surface area contributed by atoms with Crippen molar-refractivity contribution < 1.29 is 9.66 Å². The molecule has 0 saturated heterocycles. The van der Waals surface area contributed by atoms with Crippen molar-refractivity contribution in [2.75, 3.05) is 18.7 Å². The largest absolute Gasteiger partial charge is 0.490 e. The van der Waals surface area contributed by atoms with Crippen LogP contribution in [0, 0.1) is 10.1 Å². The standard InChI is InChI=1S/C9H10ClNO3S/c1-14-9-6-7(15-5-4-10)2-3-8(9)11(12)13/h2-3,6H,4-5H2,1H3. The molecule has 0 heterocycles. The van der Waals surface area contributed by atoms with Crippen LogP contribution in [-0.2, 0) is 0 Å². The number of nitro benzene ring substituents is 1. The van der Waals surface area contributed by atoms with Gasteiger partial charge in [0, 0.05) is 28.7 Å². The first-order chi connectivity index (χ1) is 7.19. The van der Waals surface area contributed by atoms with E-state index in [1.165, 1.54) is 24.9 Å². The molecule has 4 nitrogen and oxygen atoms in total. The quantitative estimate of drug-likeness (QED) is 0.347. The van der Waals surface area contributed by atoms with E-state index in [-0.39, 0.29) is 11.4 Å². The predicted molar refractivity (Wildman–Crippen MR) is 61.1 cm³/mol. The monoisotopic (exact) mass is 247 g/mol. The van der Waals surface area contributed by atoms with Crippen LogP contribution in [0.3, 0.4) is 0 Å². The van der Waals surface area contributed by atoms with Crippen LogP contribution in [0.1, 0.15) is 0 Å². The summed E-state index contributed by atoms with van der Waals surface area (Å²) >= 11 is 7.08. The molecule has 0 spiro atoms. The first-order valence-electron chi connectivity index (χ1n) is 4.20. The van der Waals surface area contributed by atoms with Crippen LogP contribution >= 0.6 is 23.4 Å². The van der Waals surface area contributed by atoms with E-state index in [1.54, 1.807) is 12.1 Å². The Morgan fingerprint density at radius 2 is 2.33 bits per heavy atom. The molecule has 6 heteroatoms. The van der Waals surface area contributed by atoms with Gasteiger partial charge in [0.25, 0.3) is 0 Å². The summed E-state index contributed by atoms with van der Waals surface area (Å²) in [6.45, 7) is 0. The van der Waals surface area contributed by atoms with Gasteiger partial charge >= 0.3 is 5.69 Å². The minimum Gasteiger partial charge on any atom is -0.490 e. The van der Waals surface area contributed by atoms with E-state index >= 15 is 0 Å². The van der Waals surface area contributed by atoms with Crippen LogP contribution in [0.15, 0.2) is 23.1 Å². The van der Waals surface area contributed by atoms with Crippen molar-refractivity contribution in [1.29, 1.82) is 0 Å². The molecular weight excluding hydrogens is 238 g/mol. The van der Waals surface area contributed by atoms with E-state index in [0.29, 0.717) is 5.88 Å². The van der Waals surface area contributed by atoms with Crippen molar-refractivity contribution >= 4 is 29.1 Å². The molecule has 1 rings (SSSR count). The van der Waals surface area contributed by atoms with Crippen LogP contribution < -0.4 is 4.74 Å². The summed E-state index contributed by atoms with van der Waals surface area (Å²) in [5, 5.41) is 10.6. The van der Waals surface area contributed by atoms with E-state index in [2.05, 4.69) is 0 Å². The summed E-state index contributed by atoms with van der Waals surface area (Å²) in [7, 11) is 1.42. The van der Waals surface area contributed by atoms with Crippen LogP contribution in [-0.4, -0.2) is 23.7 Å². The Kier molecular flexibility index (Phi) is 4.71. The number of nitrogens with zero attached hydrogens (tertiary/aromatic N) is 1. The molecule has 0 radical (unpaired) electrons. The van der Waals surface area contributed by atoms with Gasteiger partial charge < -0.3 is 4.74 Å². The molecule has 0 aliphatic heterocycles. The smallest absolute Gasteiger partial charge is 0.310 e. The highest BCUT2D eigenvalue weighted by atomic mass is 35.5. The van der Waals surface area contributed by atoms with Gasteiger partial charge in [-0.2, -0.15) is 0 Å². The number of benzene rings is 1. The van der Waals surface area contributed by atoms with Gasteiger partial charge in [0.05, 0.1) is 12.0 Å². The number of methoxy groups -OCH3 is 1. The summed E-state index contributed by atoms with van der Waals surface area (Å²) in [4.78, 5) is 11.1. The molecule has 0 aliphatic carbocycles. The van der Waals surface area contributed by atoms with Crippen molar-refractivity contribution in [3.8, 4) is 5.75 Å². The first kappa shape index (κ1) is 12.1. The van der Waals surface area contributed by atoms with Crippen molar-refractivity contribution in [2.45, 2.75) is 4.90 Å². The summed E-state index contributed by atoms with van der Waals surface area (Å²) < 4.78 is 4.94. The fourth-order valence-electron chi connectivity index (χ4n) is 1.05. The third-order valence-electron chi connectivity index (χ3n) is 1.69. The van der Waals surface area contributed by atoms with Crippen molar-refractivity contribution in [3.05, 3.63) is 28.3 Å². The molecule has 0 fully saturated rings. The van der Waals surface area contributed by atoms with Gasteiger partial charge in [-0.1, -0.05) is 0 Å². The number of hydrogen-bond donors (Lipinski definition) is 0. The molecular formula is C9H10ClNO3S. The lowest BCUT2D eigenvalue weighted by molar-refractivity contribution is -0.385. The van der Waals surface area contributed by atoms with Gasteiger partial charge in [-0.15, -0.1) is 23.4 Å². The summed E-state index contributed by atoms with van der Waals surface area (Å²) in [6.07, 6.45) is 0. The first-order valence-corrected chi connectivity index (χ1v) is 5.72. The van der Waals surface area contributed by atoms with Crippen LogP contribution in [0.5, 0.6) is 5.75 Å². The molecule has 0 aromatic heterocycles. The molecule has 1 aromatic carbocycles. The lowest BCUT2D eigenvalue weighted by Crippen LogP contribution is -1.93. The summed E-state index contributed by atoms with van der Waals surface area (Å²) in [5.41, 5.74) is -0.0206. The fourth-order valence-corrected chi connectivity index (χ4v) is 1.95. The number of hydrogen-bond acceptors (Lipinski definition) is 4. The third kappa shape index (κ3) is 3.28. The Balaban J connectivity index is 2.92. The summed E-state index contributed by atoms with van der Waals surface area (Å²) in [5.74, 6) is 1.59. The van der Waals surface area contributed by atoms with Gasteiger partial charge in [-0.3, -0.25) is 10.1 Å². The Labute approximate surface area is 96.7 Å². The average molecular weight is 248 g/mol. The second-order valence-corrected chi connectivity index (χ2v) is 4.17. The Hall–Kier alpha value is -0.940. The molecule has 0 aliphatic rings. The average Bonchev–Trinajstić information content (AvgIpc) is 2.25. The summed E-state index contributed by atoms with van der Waals surface area (Å²) in [6, 6.07) is 4.78. The van der Waals surface area contributed by atoms with Crippen molar-refractivity contribution in [2.24, 2.45) is 0 Å². The van der Waals surface area contributed by atoms with Crippen LogP contribution in [0.4, 0.5) is 5.69 Å². The van der Waals surface area contributed by atoms with Gasteiger partial charge in [-0.05, 0) is 6.07 Å². The van der Waals surface area contributed by atoms with Crippen molar-refractivity contribution in [1.82, 2.24) is 0 Å². The number of alkyl halides is 1. The Morgan fingerprint density at radius 1 is 1.60 bits per heavy atom. The highest BCUT2D eigenvalue weighted by Gasteiger charge is 2.14. The molecule has 0 unspecified atom stereocenters. The molecule has 0 amide bonds. The number of halogens is 1. The van der Waals surface area contributed by atoms with Gasteiger partial charge in [0.1, 0.15) is 0 Å². The second kappa shape index (κ2) is 5.82. The zero-order valence-electron chi connectivity index (χ0n) is 8.10. The molecule has 1 aromatic rings. The number of nitro groups is 1. The number of rotatable bonds is 5. The fraction of sp³-hybridized carbons (Fsp3) is 0.333. The normalized spacial score (nSPS) is 10.0. The maximum atomic E-state index is 10.6. The predicted octanol–water partition coefficient (Wildman–Crippen LogP) is 2.93. The molecule has 0 bridgehead atoms. The lowest BCUT2D eigenvalue weighted by atomic mass is 10.3. The minimum atomic E-state index is -0.463. The van der Waals surface area contributed by atoms with Crippen LogP contribution in [0.25, 0.3) is 0 Å². The Bertz CT molecular complexity index is 359. The number of thioether (sulfide) groups is 1. The molecule has 0 atom stereocenters. The third-order valence-corrected chi connectivity index (χ3v) is 3.10. The van der Waals surface area contributed by atoms with E-state index in [0.717, 1.165) is 10.6 Å². The lowest BCUT2D eigenvalue weighted by Gasteiger charge is -2.04. The van der Waals surface area contributed by atoms with Gasteiger partial charge in [-0.25, -0.2) is 0 Å². The second-order valence-electron chi connectivity index (χ2n) is 2.63. The van der Waals surface area contributed by atoms with E-state index in [1.807, 2.05) is 0 Å². The maximum absolute atomic E-state index is 10.6. The zero-order valence-corrected chi connectivity index (χ0v) is 9.68. The van der Waals surface area contributed by atoms with Gasteiger partial charge in [0.2, 0.25) is 0 Å². The minimum absolute atomic E-state index is 0.0206. The highest BCUT2D eigenvalue weighted by Crippen LogP contribution is 2.31.